The first kappa shape index (κ1) is 11.5. The van der Waals surface area contributed by atoms with Crippen LogP contribution in [0.5, 0.6) is 0 Å². The van der Waals surface area contributed by atoms with Gasteiger partial charge in [-0.2, -0.15) is 13.2 Å². The summed E-state index contributed by atoms with van der Waals surface area (Å²) in [5, 5.41) is 0. The Bertz CT molecular complexity index is 127. The molecule has 0 saturated carbocycles. The van der Waals surface area contributed by atoms with Crippen LogP contribution in [-0.2, 0) is 0 Å². The van der Waals surface area contributed by atoms with Gasteiger partial charge in [-0.3, -0.25) is 0 Å². The zero-order valence-electron chi connectivity index (χ0n) is 6.80. The summed E-state index contributed by atoms with van der Waals surface area (Å²) < 4.78 is 35.1. The van der Waals surface area contributed by atoms with E-state index in [1.54, 1.807) is 0 Å². The lowest BCUT2D eigenvalue weighted by Crippen LogP contribution is -2.36. The van der Waals surface area contributed by atoms with E-state index in [-0.39, 0.29) is 4.45 Å². The van der Waals surface area contributed by atoms with E-state index in [4.69, 9.17) is 0 Å². The summed E-state index contributed by atoms with van der Waals surface area (Å²) >= 11 is 3.08. The van der Waals surface area contributed by atoms with Gasteiger partial charge in [-0.05, 0) is 0 Å². The summed E-state index contributed by atoms with van der Waals surface area (Å²) in [6.45, 7) is 5.74. The standard InChI is InChI=1S/C6H12BrF3Si/c1-11(2,3)5(7)4-6(8,9)10/h5H,4H2,1-3H3. The average Bonchev–Trinajstić information content (AvgIpc) is 1.56. The molecular weight excluding hydrogens is 237 g/mol. The molecule has 0 amide bonds. The van der Waals surface area contributed by atoms with Gasteiger partial charge in [-0.25, -0.2) is 0 Å². The van der Waals surface area contributed by atoms with Crippen molar-refractivity contribution < 1.29 is 13.2 Å². The van der Waals surface area contributed by atoms with Crippen LogP contribution in [0.3, 0.4) is 0 Å². The first-order valence-corrected chi connectivity index (χ1v) is 7.83. The molecule has 0 fully saturated rings. The van der Waals surface area contributed by atoms with Crippen molar-refractivity contribution in [2.24, 2.45) is 0 Å². The fraction of sp³-hybridized carbons (Fsp3) is 1.00. The van der Waals surface area contributed by atoms with Crippen LogP contribution >= 0.6 is 15.9 Å². The third kappa shape index (κ3) is 5.72. The van der Waals surface area contributed by atoms with Gasteiger partial charge in [0, 0.05) is 4.45 Å². The smallest absolute Gasteiger partial charge is 0.171 e. The van der Waals surface area contributed by atoms with Crippen molar-refractivity contribution in [3.8, 4) is 0 Å². The second-order valence-electron chi connectivity index (χ2n) is 3.65. The monoisotopic (exact) mass is 248 g/mol. The molecule has 1 unspecified atom stereocenters. The van der Waals surface area contributed by atoms with E-state index in [1.165, 1.54) is 0 Å². The number of rotatable bonds is 2. The molecule has 68 valence electrons. The van der Waals surface area contributed by atoms with Crippen LogP contribution in [-0.4, -0.2) is 18.7 Å². The van der Waals surface area contributed by atoms with Gasteiger partial charge in [0.15, 0.2) is 0 Å². The fourth-order valence-corrected chi connectivity index (χ4v) is 1.72. The van der Waals surface area contributed by atoms with Crippen LogP contribution in [0.1, 0.15) is 6.42 Å². The summed E-state index contributed by atoms with van der Waals surface area (Å²) in [5.74, 6) is 0. The minimum Gasteiger partial charge on any atom is -0.171 e. The van der Waals surface area contributed by atoms with Crippen LogP contribution in [0.4, 0.5) is 13.2 Å². The highest BCUT2D eigenvalue weighted by Crippen LogP contribution is 2.29. The van der Waals surface area contributed by atoms with Crippen LogP contribution in [0.15, 0.2) is 0 Å². The zero-order chi connectivity index (χ0) is 9.28. The minimum absolute atomic E-state index is 0.366. The molecule has 0 aromatic rings. The highest BCUT2D eigenvalue weighted by molar-refractivity contribution is 9.10. The van der Waals surface area contributed by atoms with Gasteiger partial charge in [-0.1, -0.05) is 35.6 Å². The summed E-state index contributed by atoms with van der Waals surface area (Å²) in [5.41, 5.74) is 0. The van der Waals surface area contributed by atoms with Crippen molar-refractivity contribution in [3.63, 3.8) is 0 Å². The summed E-state index contributed by atoms with van der Waals surface area (Å²) in [6.07, 6.45) is -4.74. The lowest BCUT2D eigenvalue weighted by molar-refractivity contribution is -0.131. The van der Waals surface area contributed by atoms with Crippen LogP contribution in [0.25, 0.3) is 0 Å². The molecule has 0 aromatic carbocycles. The second kappa shape index (κ2) is 3.47. The molecule has 0 heterocycles. The lowest BCUT2D eigenvalue weighted by Gasteiger charge is -2.24. The number of hydrogen-bond donors (Lipinski definition) is 0. The van der Waals surface area contributed by atoms with Gasteiger partial charge in [-0.15, -0.1) is 0 Å². The van der Waals surface area contributed by atoms with Gasteiger partial charge in [0.25, 0.3) is 0 Å². The second-order valence-corrected chi connectivity index (χ2v) is 11.0. The number of alkyl halides is 4. The summed E-state index contributed by atoms with van der Waals surface area (Å²) in [6, 6.07) is 0. The van der Waals surface area contributed by atoms with E-state index in [0.29, 0.717) is 0 Å². The molecule has 0 aliphatic heterocycles. The molecular formula is C6H12BrF3Si. The molecule has 0 rings (SSSR count). The topological polar surface area (TPSA) is 0 Å². The van der Waals surface area contributed by atoms with Crippen LogP contribution < -0.4 is 0 Å². The first-order valence-electron chi connectivity index (χ1n) is 3.34. The van der Waals surface area contributed by atoms with Crippen molar-refractivity contribution in [1.82, 2.24) is 0 Å². The minimum atomic E-state index is -4.03. The molecule has 0 spiro atoms. The average molecular weight is 249 g/mol. The molecule has 1 atom stereocenters. The van der Waals surface area contributed by atoms with E-state index < -0.39 is 20.7 Å². The van der Waals surface area contributed by atoms with E-state index in [2.05, 4.69) is 15.9 Å². The molecule has 0 bridgehead atoms. The molecule has 0 radical (unpaired) electrons. The third-order valence-corrected chi connectivity index (χ3v) is 7.88. The first-order chi connectivity index (χ1) is 4.63. The van der Waals surface area contributed by atoms with E-state index in [1.807, 2.05) is 19.6 Å². The largest absolute Gasteiger partial charge is 0.389 e. The third-order valence-electron chi connectivity index (χ3n) is 1.35. The van der Waals surface area contributed by atoms with E-state index in [9.17, 15) is 13.2 Å². The molecule has 0 aliphatic rings. The molecule has 0 aliphatic carbocycles. The van der Waals surface area contributed by atoms with Crippen molar-refractivity contribution in [2.75, 3.05) is 0 Å². The molecule has 0 saturated heterocycles. The fourth-order valence-electron chi connectivity index (χ4n) is 0.509. The maximum Gasteiger partial charge on any atom is 0.389 e. The Morgan fingerprint density at radius 2 is 1.64 bits per heavy atom. The quantitative estimate of drug-likeness (QED) is 0.518. The van der Waals surface area contributed by atoms with Crippen molar-refractivity contribution >= 4 is 24.0 Å². The van der Waals surface area contributed by atoms with Gasteiger partial charge < -0.3 is 0 Å². The molecule has 11 heavy (non-hydrogen) atoms. The van der Waals surface area contributed by atoms with Gasteiger partial charge in [0.1, 0.15) is 0 Å². The SMILES string of the molecule is C[Si](C)(C)C(Br)CC(F)(F)F. The predicted octanol–water partition coefficient (Wildman–Crippen LogP) is 3.58. The Morgan fingerprint density at radius 3 is 1.73 bits per heavy atom. The lowest BCUT2D eigenvalue weighted by atomic mass is 10.5. The van der Waals surface area contributed by atoms with Gasteiger partial charge >= 0.3 is 6.18 Å². The maximum atomic E-state index is 11.8. The molecule has 5 heteroatoms. The Balaban J connectivity index is 3.99. The zero-order valence-corrected chi connectivity index (χ0v) is 9.38. The molecule has 0 nitrogen and oxygen atoms in total. The summed E-state index contributed by atoms with van der Waals surface area (Å²) in [4.78, 5) is 0. The summed E-state index contributed by atoms with van der Waals surface area (Å²) in [7, 11) is -1.67. The Labute approximate surface area is 74.3 Å². The number of halogens is 4. The number of hydrogen-bond acceptors (Lipinski definition) is 0. The normalized spacial score (nSPS) is 16.6. The van der Waals surface area contributed by atoms with Crippen molar-refractivity contribution in [1.29, 1.82) is 0 Å². The molecule has 0 aromatic heterocycles. The van der Waals surface area contributed by atoms with Crippen molar-refractivity contribution in [2.45, 2.75) is 36.7 Å². The van der Waals surface area contributed by atoms with Gasteiger partial charge in [0.2, 0.25) is 0 Å². The van der Waals surface area contributed by atoms with Crippen LogP contribution in [0, 0.1) is 0 Å². The highest BCUT2D eigenvalue weighted by atomic mass is 79.9. The Morgan fingerprint density at radius 1 is 1.27 bits per heavy atom. The Kier molecular flexibility index (Phi) is 3.63. The van der Waals surface area contributed by atoms with Crippen molar-refractivity contribution in [3.05, 3.63) is 0 Å². The predicted molar refractivity (Wildman–Crippen MR) is 46.7 cm³/mol. The van der Waals surface area contributed by atoms with E-state index >= 15 is 0 Å². The van der Waals surface area contributed by atoms with Crippen LogP contribution in [0.2, 0.25) is 19.6 Å². The highest BCUT2D eigenvalue weighted by Gasteiger charge is 2.36. The van der Waals surface area contributed by atoms with Gasteiger partial charge in [0.05, 0.1) is 14.5 Å². The Hall–Kier alpha value is 0.487. The van der Waals surface area contributed by atoms with E-state index in [0.717, 1.165) is 0 Å². The molecule has 0 N–H and O–H groups in total. The maximum absolute atomic E-state index is 11.8.